The Hall–Kier alpha value is -1.17. The predicted octanol–water partition coefficient (Wildman–Crippen LogP) is 4.45. The Morgan fingerprint density at radius 2 is 1.86 bits per heavy atom. The largest absolute Gasteiger partial charge is 0.416 e. The molecule has 6 heteroatoms. The molecule has 2 aliphatic rings. The molecule has 2 fully saturated rings. The van der Waals surface area contributed by atoms with Crippen LogP contribution >= 0.6 is 11.8 Å². The lowest BCUT2D eigenvalue weighted by molar-refractivity contribution is -0.137. The van der Waals surface area contributed by atoms with E-state index in [1.165, 1.54) is 6.07 Å². The highest BCUT2D eigenvalue weighted by molar-refractivity contribution is 8.02. The molecule has 3 rings (SSSR count). The van der Waals surface area contributed by atoms with Crippen molar-refractivity contribution in [1.82, 2.24) is 0 Å². The van der Waals surface area contributed by atoms with E-state index in [0.717, 1.165) is 44.2 Å². The molecule has 0 N–H and O–H groups in total. The standard InChI is InChI=1S/C15H16F3NOS/c16-15(17,18)11-5-4-6-12(9-11)19-13(20)10-21-14(19)7-2-1-3-8-14/h4-6,9H,1-3,7-8,10H2. The second-order valence-corrected chi connectivity index (χ2v) is 6.91. The molecule has 0 unspecified atom stereocenters. The Labute approximate surface area is 125 Å². The van der Waals surface area contributed by atoms with Gasteiger partial charge in [0.05, 0.1) is 16.2 Å². The van der Waals surface area contributed by atoms with Crippen molar-refractivity contribution >= 4 is 23.4 Å². The molecule has 114 valence electrons. The molecule has 1 amide bonds. The van der Waals surface area contributed by atoms with Crippen LogP contribution in [0.25, 0.3) is 0 Å². The minimum Gasteiger partial charge on any atom is -0.297 e. The summed E-state index contributed by atoms with van der Waals surface area (Å²) in [6.07, 6.45) is 0.517. The van der Waals surface area contributed by atoms with E-state index in [0.29, 0.717) is 11.4 Å². The van der Waals surface area contributed by atoms with Gasteiger partial charge in [-0.3, -0.25) is 9.69 Å². The lowest BCUT2D eigenvalue weighted by Gasteiger charge is -2.40. The van der Waals surface area contributed by atoms with E-state index in [2.05, 4.69) is 0 Å². The molecular formula is C15H16F3NOS. The maximum Gasteiger partial charge on any atom is 0.416 e. The van der Waals surface area contributed by atoms with E-state index < -0.39 is 11.7 Å². The van der Waals surface area contributed by atoms with Gasteiger partial charge in [-0.25, -0.2) is 0 Å². The minimum atomic E-state index is -4.38. The highest BCUT2D eigenvalue weighted by Gasteiger charge is 2.47. The molecule has 2 nitrogen and oxygen atoms in total. The monoisotopic (exact) mass is 315 g/mol. The molecule has 1 spiro atoms. The second-order valence-electron chi connectivity index (χ2n) is 5.57. The van der Waals surface area contributed by atoms with Crippen LogP contribution in [0.1, 0.15) is 37.7 Å². The van der Waals surface area contributed by atoms with E-state index in [9.17, 15) is 18.0 Å². The number of alkyl halides is 3. The van der Waals surface area contributed by atoms with Crippen LogP contribution < -0.4 is 4.90 Å². The number of carbonyl (C=O) groups excluding carboxylic acids is 1. The third-order valence-electron chi connectivity index (χ3n) is 4.19. The Morgan fingerprint density at radius 1 is 1.14 bits per heavy atom. The predicted molar refractivity (Wildman–Crippen MR) is 77.2 cm³/mol. The van der Waals surface area contributed by atoms with Gasteiger partial charge >= 0.3 is 6.18 Å². The zero-order valence-corrected chi connectivity index (χ0v) is 12.3. The van der Waals surface area contributed by atoms with Gasteiger partial charge in [0.25, 0.3) is 0 Å². The topological polar surface area (TPSA) is 20.3 Å². The van der Waals surface area contributed by atoms with Crippen LogP contribution in [-0.2, 0) is 11.0 Å². The molecule has 0 aromatic heterocycles. The van der Waals surface area contributed by atoms with Crippen LogP contribution in [0.4, 0.5) is 18.9 Å². The van der Waals surface area contributed by atoms with Crippen molar-refractivity contribution in [2.75, 3.05) is 10.7 Å². The summed E-state index contributed by atoms with van der Waals surface area (Å²) in [5.74, 6) is 0.275. The lowest BCUT2D eigenvalue weighted by atomic mass is 9.93. The summed E-state index contributed by atoms with van der Waals surface area (Å²) >= 11 is 1.59. The third-order valence-corrected chi connectivity index (χ3v) is 5.71. The van der Waals surface area contributed by atoms with Gasteiger partial charge in [0, 0.05) is 5.69 Å². The molecule has 1 aromatic rings. The molecule has 1 saturated carbocycles. The van der Waals surface area contributed by atoms with Crippen LogP contribution in [0, 0.1) is 0 Å². The normalized spacial score (nSPS) is 22.0. The van der Waals surface area contributed by atoms with Crippen LogP contribution in [0.3, 0.4) is 0 Å². The first-order chi connectivity index (χ1) is 9.92. The fourth-order valence-corrected chi connectivity index (χ4v) is 4.66. The molecule has 1 aliphatic heterocycles. The molecule has 0 radical (unpaired) electrons. The number of carbonyl (C=O) groups is 1. The van der Waals surface area contributed by atoms with E-state index in [1.54, 1.807) is 22.7 Å². The molecule has 1 saturated heterocycles. The number of halogens is 3. The van der Waals surface area contributed by atoms with Crippen molar-refractivity contribution in [3.63, 3.8) is 0 Å². The molecular weight excluding hydrogens is 299 g/mol. The van der Waals surface area contributed by atoms with Gasteiger partial charge in [-0.05, 0) is 31.0 Å². The number of benzene rings is 1. The van der Waals surface area contributed by atoms with Gasteiger partial charge < -0.3 is 0 Å². The zero-order valence-electron chi connectivity index (χ0n) is 11.4. The average Bonchev–Trinajstić information content (AvgIpc) is 2.75. The first-order valence-corrected chi connectivity index (χ1v) is 8.05. The molecule has 0 bridgehead atoms. The van der Waals surface area contributed by atoms with Crippen molar-refractivity contribution < 1.29 is 18.0 Å². The summed E-state index contributed by atoms with van der Waals surface area (Å²) in [7, 11) is 0. The van der Waals surface area contributed by atoms with E-state index in [4.69, 9.17) is 0 Å². The Balaban J connectivity index is 1.99. The maximum atomic E-state index is 12.9. The maximum absolute atomic E-state index is 12.9. The summed E-state index contributed by atoms with van der Waals surface area (Å²) in [5, 5.41) is 0. The lowest BCUT2D eigenvalue weighted by Crippen LogP contribution is -2.46. The number of nitrogens with zero attached hydrogens (tertiary/aromatic N) is 1. The molecule has 1 heterocycles. The molecule has 21 heavy (non-hydrogen) atoms. The zero-order chi connectivity index (χ0) is 15.1. The summed E-state index contributed by atoms with van der Waals surface area (Å²) in [6, 6.07) is 5.13. The van der Waals surface area contributed by atoms with Crippen molar-refractivity contribution in [2.24, 2.45) is 0 Å². The molecule has 1 aromatic carbocycles. The highest BCUT2D eigenvalue weighted by Crippen LogP contribution is 2.49. The Bertz CT molecular complexity index is 552. The van der Waals surface area contributed by atoms with Crippen molar-refractivity contribution in [3.8, 4) is 0 Å². The number of thioether (sulfide) groups is 1. The summed E-state index contributed by atoms with van der Waals surface area (Å²) in [5.41, 5.74) is -0.322. The summed E-state index contributed by atoms with van der Waals surface area (Å²) in [6.45, 7) is 0. The quantitative estimate of drug-likeness (QED) is 0.763. The van der Waals surface area contributed by atoms with Gasteiger partial charge in [0.1, 0.15) is 0 Å². The van der Waals surface area contributed by atoms with Gasteiger partial charge in [-0.15, -0.1) is 11.8 Å². The fraction of sp³-hybridized carbons (Fsp3) is 0.533. The van der Waals surface area contributed by atoms with Gasteiger partial charge in [-0.2, -0.15) is 13.2 Å². The first-order valence-electron chi connectivity index (χ1n) is 7.07. The second kappa shape index (κ2) is 5.23. The first kappa shape index (κ1) is 14.8. The van der Waals surface area contributed by atoms with E-state index in [1.807, 2.05) is 0 Å². The summed E-state index contributed by atoms with van der Waals surface area (Å²) in [4.78, 5) is 13.5. The minimum absolute atomic E-state index is 0.0822. The average molecular weight is 315 g/mol. The number of hydrogen-bond donors (Lipinski definition) is 0. The van der Waals surface area contributed by atoms with Crippen LogP contribution in [0.15, 0.2) is 24.3 Å². The van der Waals surface area contributed by atoms with Crippen molar-refractivity contribution in [1.29, 1.82) is 0 Å². The SMILES string of the molecule is O=C1CSC2(CCCCC2)N1c1cccc(C(F)(F)F)c1. The van der Waals surface area contributed by atoms with Gasteiger partial charge in [0.2, 0.25) is 5.91 Å². The summed E-state index contributed by atoms with van der Waals surface area (Å²) < 4.78 is 38.6. The molecule has 0 atom stereocenters. The van der Waals surface area contributed by atoms with Crippen LogP contribution in [0.5, 0.6) is 0 Å². The highest BCUT2D eigenvalue weighted by atomic mass is 32.2. The van der Waals surface area contributed by atoms with Crippen molar-refractivity contribution in [2.45, 2.75) is 43.2 Å². The number of anilines is 1. The third kappa shape index (κ3) is 2.65. The van der Waals surface area contributed by atoms with Gasteiger partial charge in [0.15, 0.2) is 0 Å². The van der Waals surface area contributed by atoms with E-state index >= 15 is 0 Å². The van der Waals surface area contributed by atoms with Crippen LogP contribution in [0.2, 0.25) is 0 Å². The Morgan fingerprint density at radius 3 is 2.52 bits per heavy atom. The van der Waals surface area contributed by atoms with E-state index in [-0.39, 0.29) is 10.8 Å². The number of rotatable bonds is 1. The number of amides is 1. The Kier molecular flexibility index (Phi) is 3.67. The van der Waals surface area contributed by atoms with Crippen LogP contribution in [-0.4, -0.2) is 16.5 Å². The van der Waals surface area contributed by atoms with Gasteiger partial charge in [-0.1, -0.05) is 25.3 Å². The number of hydrogen-bond acceptors (Lipinski definition) is 2. The smallest absolute Gasteiger partial charge is 0.297 e. The molecule has 1 aliphatic carbocycles. The fourth-order valence-electron chi connectivity index (χ4n) is 3.23. The van der Waals surface area contributed by atoms with Crippen molar-refractivity contribution in [3.05, 3.63) is 29.8 Å².